The summed E-state index contributed by atoms with van der Waals surface area (Å²) in [5.41, 5.74) is 0.886. The molecule has 0 aliphatic rings. The lowest BCUT2D eigenvalue weighted by atomic mass is 10.1. The molecule has 1 atom stereocenters. The largest absolute Gasteiger partial charge is 0.374 e. The van der Waals surface area contributed by atoms with Crippen LogP contribution in [0.3, 0.4) is 0 Å². The second-order valence-electron chi connectivity index (χ2n) is 2.65. The average Bonchev–Trinajstić information content (AvgIpc) is 2.05. The highest BCUT2D eigenvalue weighted by molar-refractivity contribution is 5.18. The molecule has 0 aliphatic carbocycles. The van der Waals surface area contributed by atoms with E-state index < -0.39 is 0 Å². The van der Waals surface area contributed by atoms with Crippen LogP contribution in [0.15, 0.2) is 24.3 Å². The molecule has 0 aromatic heterocycles. The third kappa shape index (κ3) is 2.31. The summed E-state index contributed by atoms with van der Waals surface area (Å²) in [5.74, 6) is -0.209. The van der Waals surface area contributed by atoms with Crippen LogP contribution in [0.25, 0.3) is 0 Å². The second-order valence-corrected chi connectivity index (χ2v) is 2.65. The Kier molecular flexibility index (Phi) is 3.23. The van der Waals surface area contributed by atoms with Crippen LogP contribution >= 0.6 is 0 Å². The summed E-state index contributed by atoms with van der Waals surface area (Å²) >= 11 is 0. The highest BCUT2D eigenvalue weighted by Gasteiger charge is 2.04. The minimum atomic E-state index is -0.209. The van der Waals surface area contributed by atoms with Crippen molar-refractivity contribution in [1.29, 1.82) is 0 Å². The molecule has 12 heavy (non-hydrogen) atoms. The van der Waals surface area contributed by atoms with Crippen molar-refractivity contribution in [2.24, 2.45) is 0 Å². The molecule has 0 heterocycles. The molecule has 1 nitrogen and oxygen atoms in total. The molecule has 0 amide bonds. The number of ether oxygens (including phenoxy) is 1. The first-order chi connectivity index (χ1) is 5.74. The molecule has 0 spiro atoms. The first-order valence-electron chi connectivity index (χ1n) is 4.11. The van der Waals surface area contributed by atoms with Gasteiger partial charge in [0.05, 0.1) is 6.10 Å². The minimum Gasteiger partial charge on any atom is -0.374 e. The van der Waals surface area contributed by atoms with Crippen molar-refractivity contribution in [2.45, 2.75) is 20.0 Å². The van der Waals surface area contributed by atoms with E-state index in [2.05, 4.69) is 0 Å². The Morgan fingerprint density at radius 3 is 2.83 bits per heavy atom. The molecule has 0 aliphatic heterocycles. The molecule has 0 radical (unpaired) electrons. The van der Waals surface area contributed by atoms with Crippen molar-refractivity contribution in [3.8, 4) is 0 Å². The standard InChI is InChI=1S/C10H13FO/c1-3-12-8(2)9-5-4-6-10(11)7-9/h4-8H,3H2,1-2H3. The molecule has 0 saturated carbocycles. The highest BCUT2D eigenvalue weighted by atomic mass is 19.1. The van der Waals surface area contributed by atoms with Crippen LogP contribution < -0.4 is 0 Å². The number of hydrogen-bond acceptors (Lipinski definition) is 1. The lowest BCUT2D eigenvalue weighted by Crippen LogP contribution is -1.99. The smallest absolute Gasteiger partial charge is 0.123 e. The van der Waals surface area contributed by atoms with Crippen LogP contribution in [0.2, 0.25) is 0 Å². The van der Waals surface area contributed by atoms with Crippen molar-refractivity contribution in [1.82, 2.24) is 0 Å². The molecular weight excluding hydrogens is 155 g/mol. The zero-order valence-corrected chi connectivity index (χ0v) is 7.38. The van der Waals surface area contributed by atoms with Gasteiger partial charge in [0.2, 0.25) is 0 Å². The van der Waals surface area contributed by atoms with Crippen molar-refractivity contribution in [3.05, 3.63) is 35.6 Å². The first kappa shape index (κ1) is 9.20. The van der Waals surface area contributed by atoms with Crippen LogP contribution in [0, 0.1) is 5.82 Å². The monoisotopic (exact) mass is 168 g/mol. The third-order valence-electron chi connectivity index (χ3n) is 1.73. The molecule has 1 unspecified atom stereocenters. The fourth-order valence-corrected chi connectivity index (χ4v) is 1.11. The molecule has 1 rings (SSSR count). The van der Waals surface area contributed by atoms with Crippen molar-refractivity contribution >= 4 is 0 Å². The molecule has 1 aromatic rings. The van der Waals surface area contributed by atoms with Gasteiger partial charge in [-0.3, -0.25) is 0 Å². The quantitative estimate of drug-likeness (QED) is 0.674. The fraction of sp³-hybridized carbons (Fsp3) is 0.400. The number of halogens is 1. The van der Waals surface area contributed by atoms with E-state index >= 15 is 0 Å². The lowest BCUT2D eigenvalue weighted by molar-refractivity contribution is 0.0762. The summed E-state index contributed by atoms with van der Waals surface area (Å²) < 4.78 is 18.0. The van der Waals surface area contributed by atoms with E-state index in [1.165, 1.54) is 12.1 Å². The van der Waals surface area contributed by atoms with E-state index in [9.17, 15) is 4.39 Å². The van der Waals surface area contributed by atoms with Crippen molar-refractivity contribution in [3.63, 3.8) is 0 Å². The van der Waals surface area contributed by atoms with Gasteiger partial charge >= 0.3 is 0 Å². The highest BCUT2D eigenvalue weighted by Crippen LogP contribution is 2.16. The van der Waals surface area contributed by atoms with Crippen LogP contribution in [0.5, 0.6) is 0 Å². The Hall–Kier alpha value is -0.890. The summed E-state index contributed by atoms with van der Waals surface area (Å²) in [6.45, 7) is 4.49. The van der Waals surface area contributed by atoms with Gasteiger partial charge in [-0.05, 0) is 31.5 Å². The van der Waals surface area contributed by atoms with Crippen LogP contribution in [0.1, 0.15) is 25.5 Å². The maximum atomic E-state index is 12.7. The second kappa shape index (κ2) is 4.21. The summed E-state index contributed by atoms with van der Waals surface area (Å²) in [4.78, 5) is 0. The molecule has 0 N–H and O–H groups in total. The van der Waals surface area contributed by atoms with Gasteiger partial charge in [-0.15, -0.1) is 0 Å². The van der Waals surface area contributed by atoms with Gasteiger partial charge < -0.3 is 4.74 Å². The van der Waals surface area contributed by atoms with Crippen LogP contribution in [-0.4, -0.2) is 6.61 Å². The van der Waals surface area contributed by atoms with Gasteiger partial charge in [-0.25, -0.2) is 4.39 Å². The third-order valence-corrected chi connectivity index (χ3v) is 1.73. The lowest BCUT2D eigenvalue weighted by Gasteiger charge is -2.11. The molecule has 2 heteroatoms. The molecule has 0 fully saturated rings. The fourth-order valence-electron chi connectivity index (χ4n) is 1.11. The Morgan fingerprint density at radius 2 is 2.25 bits per heavy atom. The number of hydrogen-bond donors (Lipinski definition) is 0. The Morgan fingerprint density at radius 1 is 1.50 bits per heavy atom. The van der Waals surface area contributed by atoms with Gasteiger partial charge in [0.25, 0.3) is 0 Å². The van der Waals surface area contributed by atoms with E-state index in [0.717, 1.165) is 5.56 Å². The molecule has 66 valence electrons. The topological polar surface area (TPSA) is 9.23 Å². The van der Waals surface area contributed by atoms with Gasteiger partial charge in [-0.2, -0.15) is 0 Å². The summed E-state index contributed by atoms with van der Waals surface area (Å²) in [5, 5.41) is 0. The Balaban J connectivity index is 2.73. The minimum absolute atomic E-state index is 0.0225. The predicted octanol–water partition coefficient (Wildman–Crippen LogP) is 2.92. The Labute approximate surface area is 72.2 Å². The SMILES string of the molecule is CCOC(C)c1cccc(F)c1. The average molecular weight is 168 g/mol. The number of rotatable bonds is 3. The maximum Gasteiger partial charge on any atom is 0.123 e. The molecule has 0 bridgehead atoms. The zero-order valence-electron chi connectivity index (χ0n) is 7.38. The normalized spacial score (nSPS) is 12.9. The summed E-state index contributed by atoms with van der Waals surface area (Å²) in [6.07, 6.45) is -0.0225. The van der Waals surface area contributed by atoms with E-state index in [4.69, 9.17) is 4.74 Å². The molecule has 0 saturated heterocycles. The maximum absolute atomic E-state index is 12.7. The van der Waals surface area contributed by atoms with Crippen LogP contribution in [-0.2, 0) is 4.74 Å². The van der Waals surface area contributed by atoms with Crippen molar-refractivity contribution in [2.75, 3.05) is 6.61 Å². The van der Waals surface area contributed by atoms with E-state index in [1.54, 1.807) is 6.07 Å². The predicted molar refractivity (Wildman–Crippen MR) is 46.4 cm³/mol. The van der Waals surface area contributed by atoms with Crippen LogP contribution in [0.4, 0.5) is 4.39 Å². The van der Waals surface area contributed by atoms with Gasteiger partial charge in [0.15, 0.2) is 0 Å². The van der Waals surface area contributed by atoms with E-state index in [1.807, 2.05) is 19.9 Å². The zero-order chi connectivity index (χ0) is 8.97. The van der Waals surface area contributed by atoms with Gasteiger partial charge in [0.1, 0.15) is 5.82 Å². The van der Waals surface area contributed by atoms with E-state index in [-0.39, 0.29) is 11.9 Å². The Bertz CT molecular complexity index is 247. The molecular formula is C10H13FO. The van der Waals surface area contributed by atoms with Gasteiger partial charge in [-0.1, -0.05) is 12.1 Å². The first-order valence-corrected chi connectivity index (χ1v) is 4.11. The summed E-state index contributed by atoms with van der Waals surface area (Å²) in [6, 6.07) is 6.49. The summed E-state index contributed by atoms with van der Waals surface area (Å²) in [7, 11) is 0. The number of benzene rings is 1. The van der Waals surface area contributed by atoms with Gasteiger partial charge in [0, 0.05) is 6.61 Å². The van der Waals surface area contributed by atoms with Crippen molar-refractivity contribution < 1.29 is 9.13 Å². The molecule has 1 aromatic carbocycles. The van der Waals surface area contributed by atoms with E-state index in [0.29, 0.717) is 6.61 Å².